The summed E-state index contributed by atoms with van der Waals surface area (Å²) in [6.45, 7) is 2.17. The predicted octanol–water partition coefficient (Wildman–Crippen LogP) is 2.09. The number of nitrogens with one attached hydrogen (secondary N) is 2. The molecular weight excluding hydrogens is 184 g/mol. The normalized spacial score (nSPS) is 27.5. The van der Waals surface area contributed by atoms with Crippen LogP contribution in [-0.2, 0) is 0 Å². The average Bonchev–Trinajstić information content (AvgIpc) is 2.25. The molecule has 76 valence electrons. The molecule has 15 heavy (non-hydrogen) atoms. The third-order valence-corrected chi connectivity index (χ3v) is 2.95. The first-order valence-corrected chi connectivity index (χ1v) is 5.35. The minimum Gasteiger partial charge on any atom is -0.379 e. The Morgan fingerprint density at radius 1 is 1.07 bits per heavy atom. The van der Waals surface area contributed by atoms with Gasteiger partial charge in [0.15, 0.2) is 0 Å². The van der Waals surface area contributed by atoms with Crippen LogP contribution in [0.1, 0.15) is 18.5 Å². The summed E-state index contributed by atoms with van der Waals surface area (Å²) in [5.74, 6) is 0. The van der Waals surface area contributed by atoms with Crippen molar-refractivity contribution in [1.29, 1.82) is 0 Å². The van der Waals surface area contributed by atoms with E-state index in [0.29, 0.717) is 12.1 Å². The van der Waals surface area contributed by atoms with Gasteiger partial charge in [-0.05, 0) is 18.6 Å². The number of benzene rings is 1. The van der Waals surface area contributed by atoms with E-state index in [4.69, 9.17) is 0 Å². The summed E-state index contributed by atoms with van der Waals surface area (Å²) in [6.07, 6.45) is 4.34. The van der Waals surface area contributed by atoms with E-state index >= 15 is 0 Å². The van der Waals surface area contributed by atoms with Gasteiger partial charge >= 0.3 is 0 Å². The minimum atomic E-state index is 0.355. The van der Waals surface area contributed by atoms with Gasteiger partial charge in [0.1, 0.15) is 0 Å². The van der Waals surface area contributed by atoms with E-state index < -0.39 is 0 Å². The first kappa shape index (κ1) is 8.60. The Morgan fingerprint density at radius 3 is 2.67 bits per heavy atom. The second-order valence-electron chi connectivity index (χ2n) is 4.11. The first-order valence-electron chi connectivity index (χ1n) is 5.35. The van der Waals surface area contributed by atoms with Crippen molar-refractivity contribution in [2.75, 3.05) is 0 Å². The van der Waals surface area contributed by atoms with Crippen molar-refractivity contribution in [3.05, 3.63) is 59.4 Å². The molecule has 1 aromatic rings. The predicted molar refractivity (Wildman–Crippen MR) is 61.1 cm³/mol. The largest absolute Gasteiger partial charge is 0.379 e. The first-order chi connectivity index (χ1) is 7.34. The molecule has 0 aliphatic carbocycles. The van der Waals surface area contributed by atoms with Gasteiger partial charge in [0.25, 0.3) is 0 Å². The lowest BCUT2D eigenvalue weighted by Gasteiger charge is -2.39. The third kappa shape index (κ3) is 1.33. The monoisotopic (exact) mass is 198 g/mol. The summed E-state index contributed by atoms with van der Waals surface area (Å²) in [4.78, 5) is 0. The van der Waals surface area contributed by atoms with Crippen molar-refractivity contribution in [3.63, 3.8) is 0 Å². The van der Waals surface area contributed by atoms with E-state index in [2.05, 4.69) is 54.0 Å². The summed E-state index contributed by atoms with van der Waals surface area (Å²) in [6, 6.07) is 11.3. The lowest BCUT2D eigenvalue weighted by molar-refractivity contribution is 0.504. The molecule has 2 aliphatic heterocycles. The highest BCUT2D eigenvalue weighted by Crippen LogP contribution is 2.33. The van der Waals surface area contributed by atoms with Gasteiger partial charge < -0.3 is 10.6 Å². The Bertz CT molecular complexity index is 431. The lowest BCUT2D eigenvalue weighted by atomic mass is 9.92. The molecule has 2 nitrogen and oxygen atoms in total. The molecule has 2 heteroatoms. The Labute approximate surface area is 89.7 Å². The van der Waals surface area contributed by atoms with Crippen LogP contribution in [0.25, 0.3) is 0 Å². The molecule has 1 aromatic carbocycles. The second kappa shape index (κ2) is 3.16. The Kier molecular flexibility index (Phi) is 1.81. The van der Waals surface area contributed by atoms with Crippen LogP contribution in [0.4, 0.5) is 0 Å². The highest BCUT2D eigenvalue weighted by Gasteiger charge is 2.31. The quantitative estimate of drug-likeness (QED) is 0.722. The molecular formula is C13H14N2. The zero-order chi connectivity index (χ0) is 10.3. The van der Waals surface area contributed by atoms with Crippen LogP contribution < -0.4 is 10.6 Å². The van der Waals surface area contributed by atoms with Gasteiger partial charge in [-0.15, -0.1) is 0 Å². The van der Waals surface area contributed by atoms with Gasteiger partial charge in [0, 0.05) is 6.04 Å². The van der Waals surface area contributed by atoms with Gasteiger partial charge in [-0.2, -0.15) is 0 Å². The maximum absolute atomic E-state index is 3.49. The van der Waals surface area contributed by atoms with Gasteiger partial charge in [-0.3, -0.25) is 0 Å². The van der Waals surface area contributed by atoms with E-state index in [1.807, 2.05) is 6.07 Å². The number of allylic oxidation sites excluding steroid dienone is 1. The van der Waals surface area contributed by atoms with E-state index in [9.17, 15) is 0 Å². The number of dihydropyridines is 1. The Hall–Kier alpha value is -1.70. The second-order valence-corrected chi connectivity index (χ2v) is 4.11. The summed E-state index contributed by atoms with van der Waals surface area (Å²) < 4.78 is 0. The SMILES string of the molecule is CC1C=CC2=C(N1)C(c1ccccc1)N2. The van der Waals surface area contributed by atoms with Crippen molar-refractivity contribution in [2.24, 2.45) is 0 Å². The van der Waals surface area contributed by atoms with Crippen molar-refractivity contribution in [1.82, 2.24) is 10.6 Å². The number of rotatable bonds is 1. The van der Waals surface area contributed by atoms with E-state index in [1.165, 1.54) is 17.0 Å². The Balaban J connectivity index is 1.89. The van der Waals surface area contributed by atoms with E-state index in [1.54, 1.807) is 0 Å². The van der Waals surface area contributed by atoms with Crippen LogP contribution in [-0.4, -0.2) is 6.04 Å². The van der Waals surface area contributed by atoms with Crippen LogP contribution >= 0.6 is 0 Å². The van der Waals surface area contributed by atoms with Crippen molar-refractivity contribution in [3.8, 4) is 0 Å². The molecule has 0 fully saturated rings. The summed E-state index contributed by atoms with van der Waals surface area (Å²) in [5, 5.41) is 6.94. The maximum atomic E-state index is 3.49. The Morgan fingerprint density at radius 2 is 1.87 bits per heavy atom. The number of hydrogen-bond acceptors (Lipinski definition) is 2. The minimum absolute atomic E-state index is 0.355. The summed E-state index contributed by atoms with van der Waals surface area (Å²) >= 11 is 0. The van der Waals surface area contributed by atoms with Crippen LogP contribution in [0.2, 0.25) is 0 Å². The highest BCUT2D eigenvalue weighted by molar-refractivity contribution is 5.45. The van der Waals surface area contributed by atoms with Crippen LogP contribution in [0, 0.1) is 0 Å². The van der Waals surface area contributed by atoms with Crippen LogP contribution in [0.5, 0.6) is 0 Å². The van der Waals surface area contributed by atoms with E-state index in [0.717, 1.165) is 0 Å². The standard InChI is InChI=1S/C13H14N2/c1-9-7-8-11-13(14-9)12(15-11)10-5-3-2-4-6-10/h2-9,12,14-15H,1H3. The molecule has 2 aliphatic rings. The molecule has 0 spiro atoms. The smallest absolute Gasteiger partial charge is 0.0936 e. The molecule has 3 rings (SSSR count). The zero-order valence-electron chi connectivity index (χ0n) is 8.70. The van der Waals surface area contributed by atoms with Gasteiger partial charge in [0.2, 0.25) is 0 Å². The number of hydrogen-bond donors (Lipinski definition) is 2. The van der Waals surface area contributed by atoms with E-state index in [-0.39, 0.29) is 0 Å². The molecule has 0 saturated heterocycles. The van der Waals surface area contributed by atoms with Gasteiger partial charge in [-0.25, -0.2) is 0 Å². The van der Waals surface area contributed by atoms with Gasteiger partial charge in [-0.1, -0.05) is 36.4 Å². The molecule has 2 atom stereocenters. The molecule has 0 bridgehead atoms. The third-order valence-electron chi connectivity index (χ3n) is 2.95. The molecule has 2 heterocycles. The molecule has 2 unspecified atom stereocenters. The van der Waals surface area contributed by atoms with Crippen LogP contribution in [0.3, 0.4) is 0 Å². The fourth-order valence-corrected chi connectivity index (χ4v) is 2.11. The summed E-state index contributed by atoms with van der Waals surface area (Å²) in [5.41, 5.74) is 3.89. The maximum Gasteiger partial charge on any atom is 0.0936 e. The molecule has 0 amide bonds. The fraction of sp³-hybridized carbons (Fsp3) is 0.231. The van der Waals surface area contributed by atoms with Crippen molar-refractivity contribution in [2.45, 2.75) is 19.0 Å². The van der Waals surface area contributed by atoms with Crippen LogP contribution in [0.15, 0.2) is 53.9 Å². The summed E-state index contributed by atoms with van der Waals surface area (Å²) in [7, 11) is 0. The molecule has 0 radical (unpaired) electrons. The highest BCUT2D eigenvalue weighted by atomic mass is 15.1. The molecule has 2 N–H and O–H groups in total. The van der Waals surface area contributed by atoms with Gasteiger partial charge in [0.05, 0.1) is 17.4 Å². The van der Waals surface area contributed by atoms with Crippen molar-refractivity contribution >= 4 is 0 Å². The molecule has 0 aromatic heterocycles. The van der Waals surface area contributed by atoms with Crippen molar-refractivity contribution < 1.29 is 0 Å². The fourth-order valence-electron chi connectivity index (χ4n) is 2.11. The topological polar surface area (TPSA) is 24.1 Å². The molecule has 0 saturated carbocycles. The zero-order valence-corrected chi connectivity index (χ0v) is 8.70. The average molecular weight is 198 g/mol. The lowest BCUT2D eigenvalue weighted by Crippen LogP contribution is -2.45.